The molecule has 37 heavy (non-hydrogen) atoms. The van der Waals surface area contributed by atoms with E-state index >= 15 is 0 Å². The van der Waals surface area contributed by atoms with Gasteiger partial charge in [-0.05, 0) is 44.2 Å². The molecule has 0 bridgehead atoms. The van der Waals surface area contributed by atoms with Crippen LogP contribution in [0.5, 0.6) is 11.5 Å². The molecule has 10 nitrogen and oxygen atoms in total. The highest BCUT2D eigenvalue weighted by Crippen LogP contribution is 2.53. The zero-order valence-electron chi connectivity index (χ0n) is 19.5. The average molecular weight is 525 g/mol. The first-order chi connectivity index (χ1) is 17.2. The average Bonchev–Trinajstić information content (AvgIpc) is 3.33. The maximum atomic E-state index is 13.6. The molecule has 4 aliphatic rings. The Morgan fingerprint density at radius 1 is 1.24 bits per heavy atom. The smallest absolute Gasteiger partial charge is 0.507 e. The molecule has 1 aromatic carbocycles. The molecule has 7 N–H and O–H groups in total. The number of hydrogen-bond donors (Lipinski definition) is 5. The summed E-state index contributed by atoms with van der Waals surface area (Å²) in [6.07, 6.45) is -4.97. The van der Waals surface area contributed by atoms with E-state index in [9.17, 15) is 42.6 Å². The topological polar surface area (TPSA) is 182 Å². The fraction of sp³-hybridized carbons (Fsp3) is 0.583. The van der Waals surface area contributed by atoms with Gasteiger partial charge in [0.25, 0.3) is 0 Å². The first-order valence-electron chi connectivity index (χ1n) is 12.0. The van der Waals surface area contributed by atoms with Crippen molar-refractivity contribution in [1.29, 1.82) is 0 Å². The van der Waals surface area contributed by atoms with Crippen LogP contribution in [0.3, 0.4) is 0 Å². The van der Waals surface area contributed by atoms with Gasteiger partial charge in [0, 0.05) is 29.5 Å². The van der Waals surface area contributed by atoms with Crippen molar-refractivity contribution in [1.82, 2.24) is 5.32 Å². The molecule has 3 fully saturated rings. The van der Waals surface area contributed by atoms with Crippen LogP contribution in [0.4, 0.5) is 13.2 Å². The number of rotatable bonds is 3. The number of hydrogen-bond acceptors (Lipinski definition) is 9. The Kier molecular flexibility index (Phi) is 5.88. The number of ketones is 3. The molecular weight excluding hydrogens is 499 g/mol. The molecule has 200 valence electrons. The van der Waals surface area contributed by atoms with E-state index in [2.05, 4.69) is 10.1 Å². The van der Waals surface area contributed by atoms with Gasteiger partial charge in [0.15, 0.2) is 17.3 Å². The van der Waals surface area contributed by atoms with Gasteiger partial charge in [-0.1, -0.05) is 0 Å². The highest BCUT2D eigenvalue weighted by Gasteiger charge is 2.64. The number of nitrogens with two attached hydrogens (primary N) is 2. The second-order valence-corrected chi connectivity index (χ2v) is 10.4. The summed E-state index contributed by atoms with van der Waals surface area (Å²) in [6.45, 7) is 0.546. The van der Waals surface area contributed by atoms with Gasteiger partial charge in [-0.2, -0.15) is 0 Å². The third kappa shape index (κ3) is 3.91. The number of Topliss-reactive ketones (excluding diaryl/α,β-unsaturated/α-hetero) is 3. The number of phenols is 1. The van der Waals surface area contributed by atoms with E-state index in [0.717, 1.165) is 6.07 Å². The second-order valence-electron chi connectivity index (χ2n) is 10.4. The van der Waals surface area contributed by atoms with Crippen molar-refractivity contribution in [3.63, 3.8) is 0 Å². The van der Waals surface area contributed by atoms with Gasteiger partial charge >= 0.3 is 6.36 Å². The summed E-state index contributed by atoms with van der Waals surface area (Å²) in [5.74, 6) is -10.1. The van der Waals surface area contributed by atoms with Gasteiger partial charge in [0.05, 0.1) is 17.5 Å². The van der Waals surface area contributed by atoms with E-state index in [-0.39, 0.29) is 24.0 Å². The molecule has 1 saturated heterocycles. The highest BCUT2D eigenvalue weighted by molar-refractivity contribution is 6.17. The molecule has 3 aliphatic carbocycles. The number of aliphatic hydroxyl groups is 1. The van der Waals surface area contributed by atoms with Gasteiger partial charge < -0.3 is 31.7 Å². The van der Waals surface area contributed by atoms with Crippen LogP contribution < -0.4 is 21.5 Å². The monoisotopic (exact) mass is 525 g/mol. The van der Waals surface area contributed by atoms with Crippen molar-refractivity contribution in [2.24, 2.45) is 35.1 Å². The number of fused-ring (bicyclic) bond motifs is 3. The number of halogens is 3. The molecule has 0 radical (unpaired) electrons. The van der Waals surface area contributed by atoms with Crippen LogP contribution >= 0.6 is 0 Å². The van der Waals surface area contributed by atoms with E-state index in [1.165, 1.54) is 0 Å². The molecule has 1 aromatic rings. The minimum Gasteiger partial charge on any atom is -0.507 e. The number of nitrogens with one attached hydrogen (secondary N) is 1. The maximum Gasteiger partial charge on any atom is 0.573 e. The quantitative estimate of drug-likeness (QED) is 0.349. The zero-order chi connectivity index (χ0) is 27.0. The molecule has 2 saturated carbocycles. The molecule has 5 rings (SSSR count). The van der Waals surface area contributed by atoms with E-state index in [0.29, 0.717) is 19.4 Å². The van der Waals surface area contributed by atoms with Gasteiger partial charge in [-0.3, -0.25) is 19.2 Å². The lowest BCUT2D eigenvalue weighted by atomic mass is 9.53. The minimum atomic E-state index is -5.09. The van der Waals surface area contributed by atoms with E-state index < -0.39 is 94.5 Å². The van der Waals surface area contributed by atoms with Crippen molar-refractivity contribution in [3.05, 3.63) is 22.8 Å². The summed E-state index contributed by atoms with van der Waals surface area (Å²) < 4.78 is 44.8. The van der Waals surface area contributed by atoms with Gasteiger partial charge in [-0.15, -0.1) is 13.2 Å². The molecule has 1 aliphatic heterocycles. The number of aromatic hydroxyl groups is 1. The van der Waals surface area contributed by atoms with Crippen molar-refractivity contribution in [2.75, 3.05) is 6.54 Å². The number of amides is 1. The van der Waals surface area contributed by atoms with Gasteiger partial charge in [0.1, 0.15) is 23.0 Å². The predicted molar refractivity (Wildman–Crippen MR) is 118 cm³/mol. The molecule has 0 aromatic heterocycles. The first-order valence-corrected chi connectivity index (χ1v) is 12.0. The van der Waals surface area contributed by atoms with Crippen molar-refractivity contribution >= 4 is 23.3 Å². The molecule has 7 unspecified atom stereocenters. The van der Waals surface area contributed by atoms with Crippen LogP contribution in [0, 0.1) is 23.7 Å². The van der Waals surface area contributed by atoms with Crippen LogP contribution in [0.1, 0.15) is 53.2 Å². The Labute approximate surface area is 208 Å². The molecular formula is C24H26F3N3O7. The molecule has 1 amide bonds. The van der Waals surface area contributed by atoms with Crippen LogP contribution in [-0.2, 0) is 20.8 Å². The summed E-state index contributed by atoms with van der Waals surface area (Å²) in [5.41, 5.74) is 8.38. The normalized spacial score (nSPS) is 35.5. The van der Waals surface area contributed by atoms with Crippen LogP contribution in [0.25, 0.3) is 0 Å². The van der Waals surface area contributed by atoms with Crippen molar-refractivity contribution in [2.45, 2.75) is 56.2 Å². The predicted octanol–water partition coefficient (Wildman–Crippen LogP) is 0.408. The minimum absolute atomic E-state index is 0.0461. The summed E-state index contributed by atoms with van der Waals surface area (Å²) >= 11 is 0. The third-order valence-electron chi connectivity index (χ3n) is 8.35. The second kappa shape index (κ2) is 8.50. The maximum absolute atomic E-state index is 13.6. The summed E-state index contributed by atoms with van der Waals surface area (Å²) in [6, 6.07) is -0.940. The molecule has 7 atom stereocenters. The number of alkyl halides is 3. The largest absolute Gasteiger partial charge is 0.573 e. The fourth-order valence-corrected chi connectivity index (χ4v) is 6.70. The Morgan fingerprint density at radius 3 is 2.54 bits per heavy atom. The Balaban J connectivity index is 1.62. The Morgan fingerprint density at radius 2 is 1.95 bits per heavy atom. The number of primary amides is 1. The first kappa shape index (κ1) is 25.6. The SMILES string of the molecule is NC(=O)C1CC2(O)C(=O)C3C(=O)c4c(O)cc(C5CCCN5)c(OC(F)(F)F)c4CC3CC2C(N)C1=O. The summed E-state index contributed by atoms with van der Waals surface area (Å²) in [5, 5.41) is 25.2. The molecule has 13 heteroatoms. The lowest BCUT2D eigenvalue weighted by Gasteiger charge is -2.51. The van der Waals surface area contributed by atoms with E-state index in [4.69, 9.17) is 11.5 Å². The number of carbonyl (C=O) groups is 4. The van der Waals surface area contributed by atoms with E-state index in [1.807, 2.05) is 0 Å². The highest BCUT2D eigenvalue weighted by atomic mass is 19.4. The Hall–Kier alpha value is -3.03. The Bertz CT molecular complexity index is 1210. The van der Waals surface area contributed by atoms with Gasteiger partial charge in [0.2, 0.25) is 5.91 Å². The number of carbonyl (C=O) groups excluding carboxylic acids is 4. The fourth-order valence-electron chi connectivity index (χ4n) is 6.70. The summed E-state index contributed by atoms with van der Waals surface area (Å²) in [4.78, 5) is 51.6. The van der Waals surface area contributed by atoms with Gasteiger partial charge in [-0.25, -0.2) is 0 Å². The zero-order valence-corrected chi connectivity index (χ0v) is 19.5. The van der Waals surface area contributed by atoms with Crippen molar-refractivity contribution in [3.8, 4) is 11.5 Å². The van der Waals surface area contributed by atoms with E-state index in [1.54, 1.807) is 0 Å². The molecule has 0 spiro atoms. The van der Waals surface area contributed by atoms with Crippen molar-refractivity contribution < 1.29 is 47.3 Å². The third-order valence-corrected chi connectivity index (χ3v) is 8.35. The number of benzene rings is 1. The lowest BCUT2D eigenvalue weighted by Crippen LogP contribution is -2.69. The van der Waals surface area contributed by atoms with Crippen LogP contribution in [0.2, 0.25) is 0 Å². The lowest BCUT2D eigenvalue weighted by molar-refractivity contribution is -0.275. The van der Waals surface area contributed by atoms with Crippen LogP contribution in [0.15, 0.2) is 6.07 Å². The van der Waals surface area contributed by atoms with Crippen LogP contribution in [-0.4, -0.2) is 58.0 Å². The molecule has 1 heterocycles. The number of ether oxygens (including phenoxy) is 1. The number of phenolic OH excluding ortho intramolecular Hbond substituents is 1. The summed E-state index contributed by atoms with van der Waals surface area (Å²) in [7, 11) is 0. The standard InChI is InChI=1S/C24H26F3N3O7/c25-24(26,27)37-20-9(13-2-1-3-30-13)6-14(31)16-10(20)4-8-5-12-17(28)18(32)11(22(29)35)7-23(12,36)21(34)15(8)19(16)33/h6,8,11-13,15,17,30-31,36H,1-5,7,28H2,(H2,29,35).